The first-order chi connectivity index (χ1) is 9.04. The van der Waals surface area contributed by atoms with Crippen LogP contribution in [0.1, 0.15) is 25.8 Å². The first-order valence-electron chi connectivity index (χ1n) is 6.51. The topological polar surface area (TPSA) is 55.8 Å². The highest BCUT2D eigenvalue weighted by atomic mass is 16.5. The Morgan fingerprint density at radius 3 is 2.58 bits per heavy atom. The Morgan fingerprint density at radius 1 is 1.32 bits per heavy atom. The van der Waals surface area contributed by atoms with Gasteiger partial charge in [-0.15, -0.1) is 0 Å². The van der Waals surface area contributed by atoms with E-state index in [2.05, 4.69) is 0 Å². The summed E-state index contributed by atoms with van der Waals surface area (Å²) in [6, 6.07) is 7.51. The Bertz CT molecular complexity index is 401. The molecule has 0 saturated carbocycles. The number of hydrogen-bond donors (Lipinski definition) is 1. The summed E-state index contributed by atoms with van der Waals surface area (Å²) in [5, 5.41) is 9.27. The van der Waals surface area contributed by atoms with Gasteiger partial charge < -0.3 is 14.6 Å². The summed E-state index contributed by atoms with van der Waals surface area (Å²) in [7, 11) is 1.59. The van der Waals surface area contributed by atoms with E-state index in [9.17, 15) is 9.90 Å². The zero-order valence-corrected chi connectivity index (χ0v) is 11.8. The highest BCUT2D eigenvalue weighted by Gasteiger charge is 2.19. The summed E-state index contributed by atoms with van der Waals surface area (Å²) in [5.74, 6) is -0.508. The SMILES string of the molecule is COc1ccccc1CC(CCOC(C)C)C(=O)O. The lowest BCUT2D eigenvalue weighted by Crippen LogP contribution is -2.20. The number of ether oxygens (including phenoxy) is 2. The van der Waals surface area contributed by atoms with Crippen molar-refractivity contribution in [2.45, 2.75) is 32.8 Å². The van der Waals surface area contributed by atoms with Crippen molar-refractivity contribution >= 4 is 5.97 Å². The Hall–Kier alpha value is -1.55. The predicted molar refractivity (Wildman–Crippen MR) is 73.5 cm³/mol. The Kier molecular flexibility index (Phi) is 6.36. The van der Waals surface area contributed by atoms with Gasteiger partial charge in [-0.3, -0.25) is 4.79 Å². The Labute approximate surface area is 114 Å². The second-order valence-electron chi connectivity index (χ2n) is 4.76. The summed E-state index contributed by atoms with van der Waals surface area (Å²) < 4.78 is 10.7. The molecule has 106 valence electrons. The van der Waals surface area contributed by atoms with E-state index in [0.717, 1.165) is 11.3 Å². The van der Waals surface area contributed by atoms with Crippen LogP contribution in [0.4, 0.5) is 0 Å². The van der Waals surface area contributed by atoms with Crippen molar-refractivity contribution in [2.24, 2.45) is 5.92 Å². The fraction of sp³-hybridized carbons (Fsp3) is 0.533. The van der Waals surface area contributed by atoms with E-state index in [0.29, 0.717) is 19.4 Å². The van der Waals surface area contributed by atoms with Crippen LogP contribution in [-0.4, -0.2) is 30.9 Å². The first kappa shape index (κ1) is 15.5. The highest BCUT2D eigenvalue weighted by Crippen LogP contribution is 2.22. The zero-order valence-electron chi connectivity index (χ0n) is 11.8. The standard InChI is InChI=1S/C15H22O4/c1-11(2)19-9-8-13(15(16)17)10-12-6-4-5-7-14(12)18-3/h4-7,11,13H,8-10H2,1-3H3,(H,16,17). The minimum absolute atomic E-state index is 0.126. The van der Waals surface area contributed by atoms with E-state index in [-0.39, 0.29) is 6.10 Å². The van der Waals surface area contributed by atoms with Gasteiger partial charge in [0, 0.05) is 6.61 Å². The molecule has 0 aliphatic carbocycles. The van der Waals surface area contributed by atoms with E-state index < -0.39 is 11.9 Å². The lowest BCUT2D eigenvalue weighted by atomic mass is 9.96. The molecule has 0 fully saturated rings. The van der Waals surface area contributed by atoms with Crippen molar-refractivity contribution in [2.75, 3.05) is 13.7 Å². The monoisotopic (exact) mass is 266 g/mol. The van der Waals surface area contributed by atoms with Gasteiger partial charge >= 0.3 is 5.97 Å². The molecule has 1 atom stereocenters. The third kappa shape index (κ3) is 5.30. The summed E-state index contributed by atoms with van der Waals surface area (Å²) in [6.45, 7) is 4.34. The fourth-order valence-corrected chi connectivity index (χ4v) is 1.90. The lowest BCUT2D eigenvalue weighted by molar-refractivity contribution is -0.142. The normalized spacial score (nSPS) is 12.4. The van der Waals surface area contributed by atoms with Crippen LogP contribution in [0.3, 0.4) is 0 Å². The maximum absolute atomic E-state index is 11.3. The summed E-state index contributed by atoms with van der Waals surface area (Å²) >= 11 is 0. The second kappa shape index (κ2) is 7.79. The Balaban J connectivity index is 2.65. The number of methoxy groups -OCH3 is 1. The number of carbonyl (C=O) groups is 1. The largest absolute Gasteiger partial charge is 0.496 e. The van der Waals surface area contributed by atoms with Crippen LogP contribution in [0.15, 0.2) is 24.3 Å². The third-order valence-electron chi connectivity index (χ3n) is 2.93. The minimum atomic E-state index is -0.793. The molecule has 0 aromatic heterocycles. The second-order valence-corrected chi connectivity index (χ2v) is 4.76. The number of aliphatic carboxylic acids is 1. The molecule has 0 heterocycles. The van der Waals surface area contributed by atoms with Gasteiger partial charge in [-0.2, -0.15) is 0 Å². The number of rotatable bonds is 8. The summed E-state index contributed by atoms with van der Waals surface area (Å²) in [6.07, 6.45) is 1.09. The molecule has 0 aliphatic heterocycles. The minimum Gasteiger partial charge on any atom is -0.496 e. The van der Waals surface area contributed by atoms with Gasteiger partial charge in [0.2, 0.25) is 0 Å². The van der Waals surface area contributed by atoms with Crippen LogP contribution in [0.5, 0.6) is 5.75 Å². The molecule has 0 aliphatic rings. The summed E-state index contributed by atoms with van der Waals surface area (Å²) in [5.41, 5.74) is 0.918. The van der Waals surface area contributed by atoms with Crippen LogP contribution in [0, 0.1) is 5.92 Å². The molecule has 0 amide bonds. The van der Waals surface area contributed by atoms with Crippen molar-refractivity contribution in [3.8, 4) is 5.75 Å². The van der Waals surface area contributed by atoms with Crippen LogP contribution < -0.4 is 4.74 Å². The van der Waals surface area contributed by atoms with Crippen molar-refractivity contribution < 1.29 is 19.4 Å². The molecule has 1 N–H and O–H groups in total. The van der Waals surface area contributed by atoms with E-state index in [4.69, 9.17) is 9.47 Å². The molecule has 4 heteroatoms. The quantitative estimate of drug-likeness (QED) is 0.786. The molecule has 0 bridgehead atoms. The third-order valence-corrected chi connectivity index (χ3v) is 2.93. The molecule has 0 spiro atoms. The smallest absolute Gasteiger partial charge is 0.306 e. The molecular formula is C15H22O4. The first-order valence-corrected chi connectivity index (χ1v) is 6.51. The average Bonchev–Trinajstić information content (AvgIpc) is 2.37. The molecule has 19 heavy (non-hydrogen) atoms. The Morgan fingerprint density at radius 2 is 2.00 bits per heavy atom. The number of hydrogen-bond acceptors (Lipinski definition) is 3. The number of benzene rings is 1. The molecule has 4 nitrogen and oxygen atoms in total. The van der Waals surface area contributed by atoms with Gasteiger partial charge in [0.1, 0.15) is 5.75 Å². The zero-order chi connectivity index (χ0) is 14.3. The van der Waals surface area contributed by atoms with Crippen molar-refractivity contribution in [3.05, 3.63) is 29.8 Å². The van der Waals surface area contributed by atoms with Crippen LogP contribution in [0.25, 0.3) is 0 Å². The highest BCUT2D eigenvalue weighted by molar-refractivity contribution is 5.70. The number of para-hydroxylation sites is 1. The van der Waals surface area contributed by atoms with Gasteiger partial charge in [-0.25, -0.2) is 0 Å². The van der Waals surface area contributed by atoms with E-state index in [1.165, 1.54) is 0 Å². The molecule has 1 aromatic carbocycles. The van der Waals surface area contributed by atoms with Crippen LogP contribution >= 0.6 is 0 Å². The van der Waals surface area contributed by atoms with Gasteiger partial charge in [0.15, 0.2) is 0 Å². The van der Waals surface area contributed by atoms with Gasteiger partial charge in [0.25, 0.3) is 0 Å². The maximum atomic E-state index is 11.3. The van der Waals surface area contributed by atoms with Gasteiger partial charge in [-0.1, -0.05) is 18.2 Å². The predicted octanol–water partition coefficient (Wildman–Crippen LogP) is 2.75. The van der Waals surface area contributed by atoms with Gasteiger partial charge in [-0.05, 0) is 38.3 Å². The molecule has 1 rings (SSSR count). The average molecular weight is 266 g/mol. The van der Waals surface area contributed by atoms with Gasteiger partial charge in [0.05, 0.1) is 19.1 Å². The fourth-order valence-electron chi connectivity index (χ4n) is 1.90. The summed E-state index contributed by atoms with van der Waals surface area (Å²) in [4.78, 5) is 11.3. The van der Waals surface area contributed by atoms with E-state index >= 15 is 0 Å². The van der Waals surface area contributed by atoms with Crippen molar-refractivity contribution in [1.29, 1.82) is 0 Å². The lowest BCUT2D eigenvalue weighted by Gasteiger charge is -2.15. The van der Waals surface area contributed by atoms with Crippen molar-refractivity contribution in [3.63, 3.8) is 0 Å². The molecule has 1 unspecified atom stereocenters. The van der Waals surface area contributed by atoms with E-state index in [1.807, 2.05) is 38.1 Å². The molecule has 0 radical (unpaired) electrons. The number of carboxylic acids is 1. The van der Waals surface area contributed by atoms with Crippen molar-refractivity contribution in [1.82, 2.24) is 0 Å². The number of carboxylic acid groups (broad SMARTS) is 1. The molecule has 0 saturated heterocycles. The molecular weight excluding hydrogens is 244 g/mol. The van der Waals surface area contributed by atoms with E-state index in [1.54, 1.807) is 7.11 Å². The molecule has 1 aromatic rings. The maximum Gasteiger partial charge on any atom is 0.306 e. The van der Waals surface area contributed by atoms with Crippen LogP contribution in [0.2, 0.25) is 0 Å². The van der Waals surface area contributed by atoms with Crippen LogP contribution in [-0.2, 0) is 16.0 Å².